The molecule has 2 heterocycles. The smallest absolute Gasteiger partial charge is 0.238 e. The Bertz CT molecular complexity index is 827. The summed E-state index contributed by atoms with van der Waals surface area (Å²) in [6.07, 6.45) is 0.887. The summed E-state index contributed by atoms with van der Waals surface area (Å²) in [5, 5.41) is 3.10. The predicted molar refractivity (Wildman–Crippen MR) is 107 cm³/mol. The molecule has 2 aromatic carbocycles. The van der Waals surface area contributed by atoms with Crippen molar-refractivity contribution in [3.8, 4) is 11.5 Å². The van der Waals surface area contributed by atoms with Crippen LogP contribution in [0, 0.1) is 11.8 Å². The molecule has 2 aliphatic heterocycles. The number of methoxy groups -OCH3 is 1. The number of hydrazine groups is 1. The van der Waals surface area contributed by atoms with Gasteiger partial charge in [0.1, 0.15) is 17.5 Å². The summed E-state index contributed by atoms with van der Waals surface area (Å²) in [6, 6.07) is 16.0. The van der Waals surface area contributed by atoms with Gasteiger partial charge in [-0.1, -0.05) is 43.3 Å². The summed E-state index contributed by atoms with van der Waals surface area (Å²) >= 11 is 0. The minimum atomic E-state index is -0.258. The van der Waals surface area contributed by atoms with E-state index in [2.05, 4.69) is 35.2 Å². The van der Waals surface area contributed by atoms with Gasteiger partial charge in [0.05, 0.1) is 19.8 Å². The molecule has 0 saturated carbocycles. The van der Waals surface area contributed by atoms with Gasteiger partial charge in [0.2, 0.25) is 5.91 Å². The zero-order chi connectivity index (χ0) is 19.5. The molecule has 0 spiro atoms. The van der Waals surface area contributed by atoms with E-state index in [1.807, 2.05) is 36.4 Å². The molecule has 1 fully saturated rings. The number of hydrogen-bond acceptors (Lipinski definition) is 5. The summed E-state index contributed by atoms with van der Waals surface area (Å²) < 4.78 is 11.1. The Balaban J connectivity index is 1.31. The summed E-state index contributed by atoms with van der Waals surface area (Å²) in [5.41, 5.74) is 8.77. The molecule has 2 aliphatic rings. The van der Waals surface area contributed by atoms with Crippen LogP contribution in [0.1, 0.15) is 24.1 Å². The highest BCUT2D eigenvalue weighted by molar-refractivity contribution is 5.82. The van der Waals surface area contributed by atoms with Crippen molar-refractivity contribution in [2.24, 2.45) is 11.8 Å². The molecule has 0 aromatic heterocycles. The maximum atomic E-state index is 12.7. The van der Waals surface area contributed by atoms with Crippen LogP contribution in [0.15, 0.2) is 48.5 Å². The fourth-order valence-electron chi connectivity index (χ4n) is 4.01. The molecule has 1 saturated heterocycles. The molecule has 4 rings (SSSR count). The zero-order valence-electron chi connectivity index (χ0n) is 16.3. The molecule has 1 amide bonds. The largest absolute Gasteiger partial charge is 0.497 e. The number of rotatable bonds is 5. The average molecular weight is 381 g/mol. The first kappa shape index (κ1) is 18.8. The Hall–Kier alpha value is -2.57. The van der Waals surface area contributed by atoms with Crippen molar-refractivity contribution in [3.05, 3.63) is 59.7 Å². The van der Waals surface area contributed by atoms with Gasteiger partial charge in [0.25, 0.3) is 0 Å². The normalized spacial score (nSPS) is 26.2. The Labute approximate surface area is 165 Å². The van der Waals surface area contributed by atoms with Crippen LogP contribution >= 0.6 is 0 Å². The first-order chi connectivity index (χ1) is 13.7. The van der Waals surface area contributed by atoms with Crippen molar-refractivity contribution in [2.75, 3.05) is 20.3 Å². The number of benzene rings is 2. The summed E-state index contributed by atoms with van der Waals surface area (Å²) in [5.74, 6) is 2.12. The molecule has 28 heavy (non-hydrogen) atoms. The lowest BCUT2D eigenvalue weighted by Crippen LogP contribution is -2.47. The van der Waals surface area contributed by atoms with Gasteiger partial charge in [0.15, 0.2) is 0 Å². The van der Waals surface area contributed by atoms with Crippen LogP contribution in [0.5, 0.6) is 11.5 Å². The fourth-order valence-corrected chi connectivity index (χ4v) is 4.01. The fraction of sp³-hybridized carbons (Fsp3) is 0.409. The maximum absolute atomic E-state index is 12.7. The quantitative estimate of drug-likeness (QED) is 0.741. The maximum Gasteiger partial charge on any atom is 0.238 e. The minimum Gasteiger partial charge on any atom is -0.497 e. The Kier molecular flexibility index (Phi) is 5.50. The molecular weight excluding hydrogens is 354 g/mol. The molecule has 0 aliphatic carbocycles. The topological polar surface area (TPSA) is 71.6 Å². The molecule has 0 bridgehead atoms. The summed E-state index contributed by atoms with van der Waals surface area (Å²) in [6.45, 7) is 3.30. The van der Waals surface area contributed by atoms with Crippen LogP contribution in [0.3, 0.4) is 0 Å². The standard InChI is InChI=1S/C22H27N3O3/c1-14-20(16-6-4-3-5-7-16)24-25-21(14)22(26)23-12-15-10-17-8-9-18(27-2)11-19(17)28-13-15/h3-9,11,14-15,20-21,24-25H,10,12-13H2,1-2H3,(H,23,26). The third-order valence-electron chi connectivity index (χ3n) is 5.71. The van der Waals surface area contributed by atoms with Crippen LogP contribution in [0.4, 0.5) is 0 Å². The molecule has 6 nitrogen and oxygen atoms in total. The summed E-state index contributed by atoms with van der Waals surface area (Å²) in [4.78, 5) is 12.7. The second kappa shape index (κ2) is 8.20. The first-order valence-electron chi connectivity index (χ1n) is 9.79. The monoisotopic (exact) mass is 381 g/mol. The van der Waals surface area contributed by atoms with E-state index in [9.17, 15) is 4.79 Å². The van der Waals surface area contributed by atoms with Crippen LogP contribution in [-0.2, 0) is 11.2 Å². The third-order valence-corrected chi connectivity index (χ3v) is 5.71. The minimum absolute atomic E-state index is 0.0268. The number of hydrogen-bond donors (Lipinski definition) is 3. The van der Waals surface area contributed by atoms with Crippen molar-refractivity contribution in [1.29, 1.82) is 0 Å². The van der Waals surface area contributed by atoms with Crippen molar-refractivity contribution < 1.29 is 14.3 Å². The van der Waals surface area contributed by atoms with Crippen molar-refractivity contribution in [1.82, 2.24) is 16.2 Å². The van der Waals surface area contributed by atoms with Gasteiger partial charge in [-0.3, -0.25) is 4.79 Å². The number of fused-ring (bicyclic) bond motifs is 1. The van der Waals surface area contributed by atoms with Crippen molar-refractivity contribution in [3.63, 3.8) is 0 Å². The van der Waals surface area contributed by atoms with Gasteiger partial charge in [-0.15, -0.1) is 0 Å². The molecule has 0 radical (unpaired) electrons. The van der Waals surface area contributed by atoms with E-state index in [1.165, 1.54) is 5.56 Å². The van der Waals surface area contributed by atoms with E-state index in [4.69, 9.17) is 9.47 Å². The van der Waals surface area contributed by atoms with E-state index >= 15 is 0 Å². The van der Waals surface area contributed by atoms with E-state index in [0.29, 0.717) is 13.2 Å². The van der Waals surface area contributed by atoms with Crippen molar-refractivity contribution >= 4 is 5.91 Å². The Morgan fingerprint density at radius 3 is 2.82 bits per heavy atom. The van der Waals surface area contributed by atoms with Gasteiger partial charge in [0, 0.05) is 24.4 Å². The number of carbonyl (C=O) groups excluding carboxylic acids is 1. The molecule has 4 atom stereocenters. The third kappa shape index (κ3) is 3.84. The van der Waals surface area contributed by atoms with Gasteiger partial charge in [-0.2, -0.15) is 0 Å². The zero-order valence-corrected chi connectivity index (χ0v) is 16.3. The lowest BCUT2D eigenvalue weighted by atomic mass is 9.90. The van der Waals surface area contributed by atoms with Gasteiger partial charge in [-0.25, -0.2) is 10.9 Å². The van der Waals surface area contributed by atoms with Crippen LogP contribution in [0.2, 0.25) is 0 Å². The summed E-state index contributed by atoms with van der Waals surface area (Å²) in [7, 11) is 1.65. The molecular formula is C22H27N3O3. The number of ether oxygens (including phenoxy) is 2. The van der Waals surface area contributed by atoms with Crippen molar-refractivity contribution in [2.45, 2.75) is 25.4 Å². The molecule has 6 heteroatoms. The predicted octanol–water partition coefficient (Wildman–Crippen LogP) is 2.22. The highest BCUT2D eigenvalue weighted by Crippen LogP contribution is 2.31. The van der Waals surface area contributed by atoms with Crippen LogP contribution in [0.25, 0.3) is 0 Å². The van der Waals surface area contributed by atoms with E-state index in [-0.39, 0.29) is 29.8 Å². The molecule has 4 unspecified atom stereocenters. The van der Waals surface area contributed by atoms with Crippen LogP contribution in [-0.4, -0.2) is 32.2 Å². The SMILES string of the molecule is COc1ccc2c(c1)OCC(CNC(=O)C1NNC(c3ccccc3)C1C)C2. The highest BCUT2D eigenvalue weighted by Gasteiger charge is 2.37. The molecule has 2 aromatic rings. The van der Waals surface area contributed by atoms with E-state index in [1.54, 1.807) is 7.11 Å². The van der Waals surface area contributed by atoms with E-state index in [0.717, 1.165) is 23.5 Å². The molecule has 3 N–H and O–H groups in total. The average Bonchev–Trinajstić information content (AvgIpc) is 3.13. The first-order valence-corrected chi connectivity index (χ1v) is 9.79. The van der Waals surface area contributed by atoms with Gasteiger partial charge < -0.3 is 14.8 Å². The number of nitrogens with one attached hydrogen (secondary N) is 3. The number of amides is 1. The van der Waals surface area contributed by atoms with Crippen LogP contribution < -0.4 is 25.6 Å². The lowest BCUT2D eigenvalue weighted by Gasteiger charge is -2.26. The number of carbonyl (C=O) groups is 1. The van der Waals surface area contributed by atoms with Gasteiger partial charge >= 0.3 is 0 Å². The second-order valence-electron chi connectivity index (χ2n) is 7.61. The second-order valence-corrected chi connectivity index (χ2v) is 7.61. The molecule has 148 valence electrons. The van der Waals surface area contributed by atoms with E-state index < -0.39 is 0 Å². The Morgan fingerprint density at radius 1 is 1.21 bits per heavy atom. The Morgan fingerprint density at radius 2 is 2.04 bits per heavy atom. The van der Waals surface area contributed by atoms with Gasteiger partial charge in [-0.05, 0) is 23.6 Å². The highest BCUT2D eigenvalue weighted by atomic mass is 16.5. The lowest BCUT2D eigenvalue weighted by molar-refractivity contribution is -0.123.